The fraction of sp³-hybridized carbons (Fsp3) is 0.571. The van der Waals surface area contributed by atoms with Crippen LogP contribution in [-0.2, 0) is 17.3 Å². The van der Waals surface area contributed by atoms with E-state index in [1.54, 1.807) is 12.1 Å². The number of alkyl halides is 9. The third-order valence-corrected chi connectivity index (χ3v) is 6.20. The highest BCUT2D eigenvalue weighted by Crippen LogP contribution is 2.53. The Balaban J connectivity index is 2.32. The van der Waals surface area contributed by atoms with E-state index in [9.17, 15) is 39.5 Å². The van der Waals surface area contributed by atoms with Crippen molar-refractivity contribution in [2.75, 3.05) is 11.5 Å². The van der Waals surface area contributed by atoms with Gasteiger partial charge in [-0.2, -0.15) is 39.5 Å². The van der Waals surface area contributed by atoms with Crippen LogP contribution in [0.3, 0.4) is 0 Å². The maximum Gasteiger partial charge on any atom is 0.460 e. The van der Waals surface area contributed by atoms with Crippen LogP contribution >= 0.6 is 0 Å². The minimum Gasteiger partial charge on any atom is -0.194 e. The molecule has 1 unspecified atom stereocenters. The van der Waals surface area contributed by atoms with E-state index >= 15 is 0 Å². The van der Waals surface area contributed by atoms with Crippen molar-refractivity contribution in [1.29, 1.82) is 0 Å². The lowest BCUT2D eigenvalue weighted by molar-refractivity contribution is -0.392. The lowest BCUT2D eigenvalue weighted by Crippen LogP contribution is -2.62. The third kappa shape index (κ3) is 3.09. The Morgan fingerprint density at radius 2 is 1.42 bits per heavy atom. The molecule has 2 rings (SSSR count). The normalized spacial score (nSPS) is 20.0. The maximum absolute atomic E-state index is 13.8. The quantitative estimate of drug-likeness (QED) is 0.503. The van der Waals surface area contributed by atoms with E-state index in [0.717, 1.165) is 0 Å². The van der Waals surface area contributed by atoms with Crippen LogP contribution < -0.4 is 0 Å². The van der Waals surface area contributed by atoms with Crippen molar-refractivity contribution in [3.8, 4) is 0 Å². The Labute approximate surface area is 134 Å². The zero-order chi connectivity index (χ0) is 18.4. The Bertz CT molecular complexity index is 594. The van der Waals surface area contributed by atoms with Crippen LogP contribution in [0.1, 0.15) is 12.0 Å². The van der Waals surface area contributed by atoms with Crippen molar-refractivity contribution in [2.24, 2.45) is 0 Å². The minimum atomic E-state index is -6.82. The second kappa shape index (κ2) is 6.03. The SMILES string of the molecule is FC(F)(F)C(F)(F)C(F)(F)C(F)(F)C[S+]1CCCc2ccccc21. The van der Waals surface area contributed by atoms with Gasteiger partial charge in [0.1, 0.15) is 5.75 Å². The van der Waals surface area contributed by atoms with Gasteiger partial charge in [0.2, 0.25) is 0 Å². The van der Waals surface area contributed by atoms with Crippen LogP contribution in [-0.4, -0.2) is 35.4 Å². The van der Waals surface area contributed by atoms with E-state index in [1.807, 2.05) is 0 Å². The van der Waals surface area contributed by atoms with Gasteiger partial charge in [-0.3, -0.25) is 0 Å². The van der Waals surface area contributed by atoms with E-state index in [1.165, 1.54) is 12.1 Å². The lowest BCUT2D eigenvalue weighted by Gasteiger charge is -2.33. The maximum atomic E-state index is 13.8. The van der Waals surface area contributed by atoms with Crippen molar-refractivity contribution in [1.82, 2.24) is 0 Å². The van der Waals surface area contributed by atoms with E-state index in [4.69, 9.17) is 0 Å². The highest BCUT2D eigenvalue weighted by Gasteiger charge is 2.82. The summed E-state index contributed by atoms with van der Waals surface area (Å²) in [6.45, 7) is 0. The lowest BCUT2D eigenvalue weighted by atomic mass is 10.1. The first kappa shape index (κ1) is 19.3. The van der Waals surface area contributed by atoms with Gasteiger partial charge in [-0.05, 0) is 18.9 Å². The predicted octanol–water partition coefficient (Wildman–Crippen LogP) is 5.08. The molecule has 136 valence electrons. The number of benzene rings is 1. The van der Waals surface area contributed by atoms with Gasteiger partial charge in [0.15, 0.2) is 10.6 Å². The molecular formula is C14H12F9S+. The van der Waals surface area contributed by atoms with E-state index in [-0.39, 0.29) is 5.75 Å². The molecule has 10 heteroatoms. The number of hydrogen-bond donors (Lipinski definition) is 0. The molecule has 0 nitrogen and oxygen atoms in total. The second-order valence-electron chi connectivity index (χ2n) is 5.40. The largest absolute Gasteiger partial charge is 0.460 e. The van der Waals surface area contributed by atoms with Gasteiger partial charge < -0.3 is 0 Å². The van der Waals surface area contributed by atoms with Crippen molar-refractivity contribution >= 4 is 10.9 Å². The summed E-state index contributed by atoms with van der Waals surface area (Å²) < 4.78 is 116. The Morgan fingerprint density at radius 1 is 0.833 bits per heavy atom. The summed E-state index contributed by atoms with van der Waals surface area (Å²) >= 11 is 0. The molecule has 1 aromatic carbocycles. The van der Waals surface area contributed by atoms with Crippen molar-refractivity contribution in [2.45, 2.75) is 41.7 Å². The molecule has 1 atom stereocenters. The summed E-state index contributed by atoms with van der Waals surface area (Å²) in [5.74, 6) is -20.6. The second-order valence-corrected chi connectivity index (χ2v) is 7.53. The topological polar surface area (TPSA) is 0 Å². The van der Waals surface area contributed by atoms with Crippen LogP contribution in [0.15, 0.2) is 29.2 Å². The molecule has 0 bridgehead atoms. The summed E-state index contributed by atoms with van der Waals surface area (Å²) in [5, 5.41) is 0. The molecular weight excluding hydrogens is 371 g/mol. The van der Waals surface area contributed by atoms with Gasteiger partial charge in [0.25, 0.3) is 0 Å². The van der Waals surface area contributed by atoms with E-state index in [2.05, 4.69) is 0 Å². The van der Waals surface area contributed by atoms with Crippen LogP contribution in [0, 0.1) is 0 Å². The molecule has 0 saturated carbocycles. The third-order valence-electron chi connectivity index (χ3n) is 3.69. The van der Waals surface area contributed by atoms with Crippen molar-refractivity contribution in [3.05, 3.63) is 29.8 Å². The van der Waals surface area contributed by atoms with E-state index in [0.29, 0.717) is 23.3 Å². The molecule has 0 radical (unpaired) electrons. The molecule has 0 fully saturated rings. The molecule has 1 aliphatic rings. The van der Waals surface area contributed by atoms with Crippen molar-refractivity contribution in [3.63, 3.8) is 0 Å². The smallest absolute Gasteiger partial charge is 0.194 e. The minimum absolute atomic E-state index is 0.0419. The van der Waals surface area contributed by atoms with Gasteiger partial charge in [-0.25, -0.2) is 0 Å². The first-order valence-electron chi connectivity index (χ1n) is 6.77. The monoisotopic (exact) mass is 383 g/mol. The Kier molecular flexibility index (Phi) is 4.84. The van der Waals surface area contributed by atoms with Crippen LogP contribution in [0.4, 0.5) is 39.5 Å². The molecule has 0 spiro atoms. The van der Waals surface area contributed by atoms with E-state index < -0.39 is 40.6 Å². The van der Waals surface area contributed by atoms with Gasteiger partial charge in [-0.15, -0.1) is 0 Å². The molecule has 1 aliphatic heterocycles. The highest BCUT2D eigenvalue weighted by molar-refractivity contribution is 7.97. The fourth-order valence-electron chi connectivity index (χ4n) is 2.41. The fourth-order valence-corrected chi connectivity index (χ4v) is 4.85. The molecule has 1 heterocycles. The molecule has 24 heavy (non-hydrogen) atoms. The summed E-state index contributed by atoms with van der Waals surface area (Å²) in [6, 6.07) is 6.09. The average Bonchev–Trinajstić information content (AvgIpc) is 2.45. The highest BCUT2D eigenvalue weighted by atomic mass is 32.2. The Hall–Kier alpha value is -1.06. The number of halogens is 9. The van der Waals surface area contributed by atoms with Gasteiger partial charge >= 0.3 is 23.9 Å². The van der Waals surface area contributed by atoms with Crippen LogP contribution in [0.25, 0.3) is 0 Å². The number of rotatable bonds is 4. The molecule has 1 aromatic rings. The Morgan fingerprint density at radius 3 is 2.00 bits per heavy atom. The first-order valence-corrected chi connectivity index (χ1v) is 8.33. The first-order chi connectivity index (χ1) is 10.8. The van der Waals surface area contributed by atoms with Crippen molar-refractivity contribution < 1.29 is 39.5 Å². The molecule has 0 saturated heterocycles. The van der Waals surface area contributed by atoms with Crippen LogP contribution in [0.2, 0.25) is 0 Å². The zero-order valence-electron chi connectivity index (χ0n) is 11.9. The van der Waals surface area contributed by atoms with Crippen LogP contribution in [0.5, 0.6) is 0 Å². The summed E-state index contributed by atoms with van der Waals surface area (Å²) in [7, 11) is -1.53. The number of aryl methyl sites for hydroxylation is 1. The predicted molar refractivity (Wildman–Crippen MR) is 71.0 cm³/mol. The standard InChI is InChI=1S/C14H12F9S/c15-11(16,12(17,18)13(19,20)14(21,22)23)8-24-7-3-5-9-4-1-2-6-10(9)24/h1-2,4,6H,3,5,7-8H2/q+1. The number of hydrogen-bond acceptors (Lipinski definition) is 0. The van der Waals surface area contributed by atoms with Gasteiger partial charge in [0.05, 0.1) is 0 Å². The summed E-state index contributed by atoms with van der Waals surface area (Å²) in [5.41, 5.74) is 0.619. The molecule has 0 amide bonds. The average molecular weight is 383 g/mol. The van der Waals surface area contributed by atoms with Gasteiger partial charge in [0, 0.05) is 16.5 Å². The molecule has 0 N–H and O–H groups in total. The van der Waals surface area contributed by atoms with Gasteiger partial charge in [-0.1, -0.05) is 18.2 Å². The summed E-state index contributed by atoms with van der Waals surface area (Å²) in [6.07, 6.45) is -5.88. The molecule has 0 aromatic heterocycles. The summed E-state index contributed by atoms with van der Waals surface area (Å²) in [4.78, 5) is 0.314. The number of fused-ring (bicyclic) bond motifs is 1. The molecule has 0 aliphatic carbocycles. The zero-order valence-corrected chi connectivity index (χ0v) is 12.8.